The van der Waals surface area contributed by atoms with E-state index in [9.17, 15) is 18.6 Å². The second-order valence-corrected chi connectivity index (χ2v) is 8.49. The van der Waals surface area contributed by atoms with Gasteiger partial charge in [-0.2, -0.15) is 4.98 Å². The lowest BCUT2D eigenvalue weighted by Crippen LogP contribution is -2.36. The maximum absolute atomic E-state index is 11.6. The number of nitrogens with one attached hydrogen (secondary N) is 1. The van der Waals surface area contributed by atoms with Crippen LogP contribution in [0, 0.1) is 9.49 Å². The number of nitrogens with zero attached hydrogens (tertiary/aromatic N) is 2. The molecule has 4 atom stereocenters. The smallest absolute Gasteiger partial charge is 0.250 e. The van der Waals surface area contributed by atoms with Crippen molar-refractivity contribution < 1.29 is 23.7 Å². The second kappa shape index (κ2) is 6.69. The van der Waals surface area contributed by atoms with Gasteiger partial charge in [0.2, 0.25) is 15.0 Å². The van der Waals surface area contributed by atoms with Gasteiger partial charge in [0.05, 0.1) is 15.7 Å². The van der Waals surface area contributed by atoms with Gasteiger partial charge in [0.15, 0.2) is 0 Å². The van der Waals surface area contributed by atoms with Crippen molar-refractivity contribution in [2.45, 2.75) is 29.8 Å². The molecule has 124 valence electrons. The van der Waals surface area contributed by atoms with Gasteiger partial charge in [-0.25, -0.2) is 13.4 Å². The van der Waals surface area contributed by atoms with Crippen LogP contribution in [0.15, 0.2) is 5.16 Å². The van der Waals surface area contributed by atoms with Crippen molar-refractivity contribution in [1.82, 2.24) is 9.97 Å². The molecule has 0 aromatic carbocycles. The predicted molar refractivity (Wildman–Crippen MR) is 87.5 cm³/mol. The summed E-state index contributed by atoms with van der Waals surface area (Å²) >= 11 is 7.77. The average molecular weight is 464 g/mol. The SMILES string of the molecule is CS(=O)(=O)c1nc(Cl)c(I)c(N[C@@H]2C[C@H](CO)[C@@H](O)[C@H]2O)n1. The van der Waals surface area contributed by atoms with Crippen molar-refractivity contribution in [3.8, 4) is 0 Å². The molecule has 0 amide bonds. The molecule has 1 saturated carbocycles. The second-order valence-electron chi connectivity index (χ2n) is 5.14. The third-order valence-electron chi connectivity index (χ3n) is 3.48. The molecule has 0 bridgehead atoms. The summed E-state index contributed by atoms with van der Waals surface area (Å²) in [4.78, 5) is 7.63. The summed E-state index contributed by atoms with van der Waals surface area (Å²) in [6.07, 6.45) is -0.897. The lowest BCUT2D eigenvalue weighted by Gasteiger charge is -2.19. The summed E-state index contributed by atoms with van der Waals surface area (Å²) in [6.45, 7) is -0.257. The molecule has 8 nitrogen and oxygen atoms in total. The first kappa shape index (κ1) is 18.1. The molecule has 1 aliphatic rings. The van der Waals surface area contributed by atoms with Crippen LogP contribution in [0.1, 0.15) is 6.42 Å². The summed E-state index contributed by atoms with van der Waals surface area (Å²) in [7, 11) is -3.64. The van der Waals surface area contributed by atoms with Crippen molar-refractivity contribution in [2.75, 3.05) is 18.2 Å². The maximum Gasteiger partial charge on any atom is 0.250 e. The number of hydrogen-bond donors (Lipinski definition) is 4. The number of halogens is 2. The van der Waals surface area contributed by atoms with E-state index in [4.69, 9.17) is 16.7 Å². The molecule has 1 aromatic rings. The standard InChI is InChI=1S/C11H15ClIN3O5S/c1-22(20,21)11-15-9(12)6(13)10(16-11)14-5-2-4(3-17)7(18)8(5)19/h4-5,7-8,17-19H,2-3H2,1H3,(H,14,15,16)/t4-,5-,7-,8+/m1/s1. The van der Waals surface area contributed by atoms with E-state index in [-0.39, 0.29) is 17.6 Å². The molecule has 22 heavy (non-hydrogen) atoms. The first-order chi connectivity index (χ1) is 10.1. The molecule has 1 aliphatic carbocycles. The maximum atomic E-state index is 11.6. The van der Waals surface area contributed by atoms with Crippen LogP contribution < -0.4 is 5.32 Å². The van der Waals surface area contributed by atoms with E-state index >= 15 is 0 Å². The fraction of sp³-hybridized carbons (Fsp3) is 0.636. The Morgan fingerprint density at radius 3 is 2.50 bits per heavy atom. The van der Waals surface area contributed by atoms with E-state index in [0.29, 0.717) is 9.99 Å². The zero-order chi connectivity index (χ0) is 16.7. The van der Waals surface area contributed by atoms with Crippen molar-refractivity contribution in [2.24, 2.45) is 5.92 Å². The quantitative estimate of drug-likeness (QED) is 0.271. The Bertz CT molecular complexity index is 674. The highest BCUT2D eigenvalue weighted by atomic mass is 127. The van der Waals surface area contributed by atoms with Gasteiger partial charge in [-0.15, -0.1) is 0 Å². The molecule has 0 saturated heterocycles. The van der Waals surface area contributed by atoms with Gasteiger partial charge >= 0.3 is 0 Å². The minimum absolute atomic E-state index is 0.0229. The van der Waals surface area contributed by atoms with Gasteiger partial charge in [0.1, 0.15) is 17.1 Å². The first-order valence-corrected chi connectivity index (χ1v) is 9.66. The van der Waals surface area contributed by atoms with Crippen molar-refractivity contribution in [3.63, 3.8) is 0 Å². The Morgan fingerprint density at radius 1 is 1.36 bits per heavy atom. The summed E-state index contributed by atoms with van der Waals surface area (Å²) in [5.41, 5.74) is 0. The Labute approximate surface area is 146 Å². The lowest BCUT2D eigenvalue weighted by atomic mass is 10.1. The molecule has 0 aliphatic heterocycles. The van der Waals surface area contributed by atoms with Crippen molar-refractivity contribution >= 4 is 49.8 Å². The normalized spacial score (nSPS) is 28.8. The summed E-state index contributed by atoms with van der Waals surface area (Å²) in [5.74, 6) is -0.298. The topological polar surface area (TPSA) is 133 Å². The third kappa shape index (κ3) is 3.62. The van der Waals surface area contributed by atoms with E-state index < -0.39 is 39.2 Å². The zero-order valence-corrected chi connectivity index (χ0v) is 15.2. The molecule has 0 radical (unpaired) electrons. The van der Waals surface area contributed by atoms with E-state index in [1.165, 1.54) is 0 Å². The number of sulfone groups is 1. The minimum Gasteiger partial charge on any atom is -0.396 e. The number of anilines is 1. The van der Waals surface area contributed by atoms with Crippen LogP contribution in [0.5, 0.6) is 0 Å². The van der Waals surface area contributed by atoms with E-state index in [1.807, 2.05) is 22.6 Å². The number of aromatic nitrogens is 2. The highest BCUT2D eigenvalue weighted by Crippen LogP contribution is 2.31. The van der Waals surface area contributed by atoms with Crippen LogP contribution in [-0.4, -0.2) is 64.8 Å². The zero-order valence-electron chi connectivity index (χ0n) is 11.4. The van der Waals surface area contributed by atoms with Gasteiger partial charge < -0.3 is 20.6 Å². The molecule has 2 rings (SSSR count). The van der Waals surface area contributed by atoms with Gasteiger partial charge in [0, 0.05) is 18.8 Å². The van der Waals surface area contributed by atoms with E-state index in [0.717, 1.165) is 6.26 Å². The highest BCUT2D eigenvalue weighted by molar-refractivity contribution is 14.1. The highest BCUT2D eigenvalue weighted by Gasteiger charge is 2.41. The number of rotatable bonds is 4. The largest absolute Gasteiger partial charge is 0.396 e. The van der Waals surface area contributed by atoms with Crippen LogP contribution in [0.3, 0.4) is 0 Å². The predicted octanol–water partition coefficient (Wildman–Crippen LogP) is -0.347. The molecule has 0 spiro atoms. The minimum atomic E-state index is -3.64. The van der Waals surface area contributed by atoms with E-state index in [2.05, 4.69) is 15.3 Å². The molecular weight excluding hydrogens is 449 g/mol. The molecular formula is C11H15ClIN3O5S. The third-order valence-corrected chi connectivity index (χ3v) is 5.94. The lowest BCUT2D eigenvalue weighted by molar-refractivity contribution is 0.00444. The van der Waals surface area contributed by atoms with Crippen molar-refractivity contribution in [1.29, 1.82) is 0 Å². The van der Waals surface area contributed by atoms with Gasteiger partial charge in [0.25, 0.3) is 0 Å². The molecule has 0 unspecified atom stereocenters. The molecule has 4 N–H and O–H groups in total. The van der Waals surface area contributed by atoms with Crippen LogP contribution in [0.4, 0.5) is 5.82 Å². The van der Waals surface area contributed by atoms with Gasteiger partial charge in [-0.1, -0.05) is 11.6 Å². The first-order valence-electron chi connectivity index (χ1n) is 6.31. The Morgan fingerprint density at radius 2 is 2.00 bits per heavy atom. The number of aliphatic hydroxyl groups excluding tert-OH is 3. The summed E-state index contributed by atoms with van der Waals surface area (Å²) in [6, 6.07) is -0.584. The van der Waals surface area contributed by atoms with Gasteiger partial charge in [-0.3, -0.25) is 0 Å². The molecule has 11 heteroatoms. The van der Waals surface area contributed by atoms with Crippen LogP contribution >= 0.6 is 34.2 Å². The Kier molecular flexibility index (Phi) is 5.50. The van der Waals surface area contributed by atoms with Crippen LogP contribution in [0.25, 0.3) is 0 Å². The van der Waals surface area contributed by atoms with Crippen LogP contribution in [0.2, 0.25) is 5.15 Å². The summed E-state index contributed by atoms with van der Waals surface area (Å²) < 4.78 is 23.5. The average Bonchev–Trinajstić information content (AvgIpc) is 2.70. The number of hydrogen-bond acceptors (Lipinski definition) is 8. The van der Waals surface area contributed by atoms with Gasteiger partial charge in [-0.05, 0) is 29.0 Å². The Hall–Kier alpha value is -0.270. The van der Waals surface area contributed by atoms with Crippen molar-refractivity contribution in [3.05, 3.63) is 8.72 Å². The molecule has 1 heterocycles. The Balaban J connectivity index is 2.32. The number of aliphatic hydroxyl groups is 3. The summed E-state index contributed by atoms with van der Waals surface area (Å²) in [5, 5.41) is 31.4. The van der Waals surface area contributed by atoms with E-state index in [1.54, 1.807) is 0 Å². The molecule has 1 aromatic heterocycles. The molecule has 1 fully saturated rings. The fourth-order valence-corrected chi connectivity index (χ4v) is 3.42. The fourth-order valence-electron chi connectivity index (χ4n) is 2.29. The van der Waals surface area contributed by atoms with Crippen LogP contribution in [-0.2, 0) is 9.84 Å². The monoisotopic (exact) mass is 463 g/mol.